The molecular formula is C17H16BrNO. The minimum atomic E-state index is 0.00845. The van der Waals surface area contributed by atoms with Crippen LogP contribution in [0.15, 0.2) is 53.0 Å². The van der Waals surface area contributed by atoms with E-state index in [0.717, 1.165) is 16.5 Å². The van der Waals surface area contributed by atoms with Crippen LogP contribution in [0.4, 0.5) is 0 Å². The number of hydrogen-bond donors (Lipinski definition) is 1. The lowest BCUT2D eigenvalue weighted by atomic mass is 10.1. The highest BCUT2D eigenvalue weighted by Crippen LogP contribution is 2.40. The van der Waals surface area contributed by atoms with Gasteiger partial charge in [0.25, 0.3) is 5.91 Å². The Morgan fingerprint density at radius 3 is 2.65 bits per heavy atom. The summed E-state index contributed by atoms with van der Waals surface area (Å²) < 4.78 is 0.973. The molecule has 102 valence electrons. The molecule has 0 radical (unpaired) electrons. The molecule has 1 amide bonds. The van der Waals surface area contributed by atoms with Crippen molar-refractivity contribution < 1.29 is 4.79 Å². The zero-order valence-electron chi connectivity index (χ0n) is 11.3. The second-order valence-electron chi connectivity index (χ2n) is 5.30. The van der Waals surface area contributed by atoms with E-state index in [1.807, 2.05) is 43.3 Å². The van der Waals surface area contributed by atoms with Crippen LogP contribution in [0.3, 0.4) is 0 Å². The fraction of sp³-hybridized carbons (Fsp3) is 0.235. The molecule has 20 heavy (non-hydrogen) atoms. The Balaban J connectivity index is 1.65. The van der Waals surface area contributed by atoms with Crippen LogP contribution in [0.1, 0.15) is 33.8 Å². The van der Waals surface area contributed by atoms with E-state index in [0.29, 0.717) is 11.5 Å². The molecular weight excluding hydrogens is 314 g/mol. The van der Waals surface area contributed by atoms with E-state index >= 15 is 0 Å². The minimum absolute atomic E-state index is 0.00845. The van der Waals surface area contributed by atoms with E-state index < -0.39 is 0 Å². The van der Waals surface area contributed by atoms with E-state index in [2.05, 4.69) is 33.4 Å². The number of halogens is 1. The monoisotopic (exact) mass is 329 g/mol. The molecule has 1 aliphatic carbocycles. The fourth-order valence-electron chi connectivity index (χ4n) is 2.41. The number of amides is 1. The zero-order chi connectivity index (χ0) is 14.1. The molecule has 0 aromatic heterocycles. The molecule has 2 unspecified atom stereocenters. The van der Waals surface area contributed by atoms with Gasteiger partial charge in [0.05, 0.1) is 0 Å². The van der Waals surface area contributed by atoms with Gasteiger partial charge in [0.15, 0.2) is 0 Å². The standard InChI is InChI=1S/C17H16BrNO/c1-11-7-8-13(9-15(11)18)17(20)19-16-10-14(16)12-5-3-2-4-6-12/h2-9,14,16H,10H2,1H3,(H,19,20). The maximum Gasteiger partial charge on any atom is 0.251 e. The average Bonchev–Trinajstić information content (AvgIpc) is 3.22. The Labute approximate surface area is 127 Å². The Morgan fingerprint density at radius 2 is 1.95 bits per heavy atom. The van der Waals surface area contributed by atoms with Crippen molar-refractivity contribution in [3.8, 4) is 0 Å². The molecule has 3 heteroatoms. The molecule has 0 heterocycles. The normalized spacial score (nSPS) is 20.5. The van der Waals surface area contributed by atoms with Crippen LogP contribution in [-0.2, 0) is 0 Å². The highest BCUT2D eigenvalue weighted by Gasteiger charge is 2.39. The molecule has 1 aliphatic rings. The van der Waals surface area contributed by atoms with Crippen molar-refractivity contribution >= 4 is 21.8 Å². The molecule has 0 saturated heterocycles. The molecule has 1 saturated carbocycles. The van der Waals surface area contributed by atoms with E-state index in [1.165, 1.54) is 5.56 Å². The highest BCUT2D eigenvalue weighted by atomic mass is 79.9. The third-order valence-electron chi connectivity index (χ3n) is 3.77. The number of nitrogens with one attached hydrogen (secondary N) is 1. The largest absolute Gasteiger partial charge is 0.349 e. The Morgan fingerprint density at radius 1 is 1.20 bits per heavy atom. The van der Waals surface area contributed by atoms with Gasteiger partial charge in [0.2, 0.25) is 0 Å². The van der Waals surface area contributed by atoms with E-state index in [4.69, 9.17) is 0 Å². The van der Waals surface area contributed by atoms with Crippen molar-refractivity contribution in [1.29, 1.82) is 0 Å². The third kappa shape index (κ3) is 2.78. The van der Waals surface area contributed by atoms with Gasteiger partial charge < -0.3 is 5.32 Å². The van der Waals surface area contributed by atoms with Gasteiger partial charge in [-0.1, -0.05) is 52.3 Å². The van der Waals surface area contributed by atoms with Crippen molar-refractivity contribution in [2.24, 2.45) is 0 Å². The first kappa shape index (κ1) is 13.4. The fourth-order valence-corrected chi connectivity index (χ4v) is 2.79. The van der Waals surface area contributed by atoms with Gasteiger partial charge in [-0.05, 0) is 36.6 Å². The SMILES string of the molecule is Cc1ccc(C(=O)NC2CC2c2ccccc2)cc1Br. The molecule has 1 N–H and O–H groups in total. The lowest BCUT2D eigenvalue weighted by Crippen LogP contribution is -2.26. The van der Waals surface area contributed by atoms with Crippen LogP contribution in [-0.4, -0.2) is 11.9 Å². The van der Waals surface area contributed by atoms with Crippen LogP contribution in [0, 0.1) is 6.92 Å². The lowest BCUT2D eigenvalue weighted by molar-refractivity contribution is 0.0950. The number of hydrogen-bond acceptors (Lipinski definition) is 1. The second kappa shape index (κ2) is 5.41. The molecule has 0 bridgehead atoms. The maximum absolute atomic E-state index is 12.2. The highest BCUT2D eigenvalue weighted by molar-refractivity contribution is 9.10. The van der Waals surface area contributed by atoms with Crippen LogP contribution in [0.5, 0.6) is 0 Å². The van der Waals surface area contributed by atoms with E-state index in [1.54, 1.807) is 0 Å². The second-order valence-corrected chi connectivity index (χ2v) is 6.15. The number of rotatable bonds is 3. The zero-order valence-corrected chi connectivity index (χ0v) is 12.9. The summed E-state index contributed by atoms with van der Waals surface area (Å²) in [7, 11) is 0. The Hall–Kier alpha value is -1.61. The maximum atomic E-state index is 12.2. The summed E-state index contributed by atoms with van der Waals surface area (Å²) in [4.78, 5) is 12.2. The van der Waals surface area contributed by atoms with Gasteiger partial charge in [-0.3, -0.25) is 4.79 Å². The molecule has 2 aromatic rings. The summed E-state index contributed by atoms with van der Waals surface area (Å²) in [6.45, 7) is 2.01. The molecule has 2 atom stereocenters. The summed E-state index contributed by atoms with van der Waals surface area (Å²) in [6.07, 6.45) is 1.03. The van der Waals surface area contributed by atoms with E-state index in [-0.39, 0.29) is 11.9 Å². The smallest absolute Gasteiger partial charge is 0.251 e. The summed E-state index contributed by atoms with van der Waals surface area (Å²) in [6, 6.07) is 16.3. The summed E-state index contributed by atoms with van der Waals surface area (Å²) >= 11 is 3.46. The predicted molar refractivity (Wildman–Crippen MR) is 83.9 cm³/mol. The minimum Gasteiger partial charge on any atom is -0.349 e. The number of aryl methyl sites for hydroxylation is 1. The van der Waals surface area contributed by atoms with Crippen LogP contribution >= 0.6 is 15.9 Å². The first-order valence-electron chi connectivity index (χ1n) is 6.77. The van der Waals surface area contributed by atoms with Crippen LogP contribution in [0.2, 0.25) is 0 Å². The quantitative estimate of drug-likeness (QED) is 0.904. The number of carbonyl (C=O) groups excluding carboxylic acids is 1. The average molecular weight is 330 g/mol. The molecule has 2 nitrogen and oxygen atoms in total. The molecule has 3 rings (SSSR count). The molecule has 0 spiro atoms. The molecule has 0 aliphatic heterocycles. The summed E-state index contributed by atoms with van der Waals surface area (Å²) in [5.41, 5.74) is 3.15. The van der Waals surface area contributed by atoms with Gasteiger partial charge in [0, 0.05) is 22.0 Å². The Bertz CT molecular complexity index is 639. The first-order valence-corrected chi connectivity index (χ1v) is 7.56. The van der Waals surface area contributed by atoms with Crippen molar-refractivity contribution in [2.45, 2.75) is 25.3 Å². The number of carbonyl (C=O) groups is 1. The van der Waals surface area contributed by atoms with Crippen molar-refractivity contribution in [3.05, 3.63) is 69.7 Å². The van der Waals surface area contributed by atoms with Crippen molar-refractivity contribution in [3.63, 3.8) is 0 Å². The molecule has 2 aromatic carbocycles. The number of benzene rings is 2. The van der Waals surface area contributed by atoms with Crippen LogP contribution in [0.25, 0.3) is 0 Å². The van der Waals surface area contributed by atoms with Gasteiger partial charge >= 0.3 is 0 Å². The summed E-state index contributed by atoms with van der Waals surface area (Å²) in [5, 5.41) is 3.11. The van der Waals surface area contributed by atoms with Gasteiger partial charge in [-0.25, -0.2) is 0 Å². The van der Waals surface area contributed by atoms with Gasteiger partial charge in [-0.15, -0.1) is 0 Å². The topological polar surface area (TPSA) is 29.1 Å². The predicted octanol–water partition coefficient (Wildman–Crippen LogP) is 4.04. The Kier molecular flexibility index (Phi) is 3.62. The molecule has 1 fully saturated rings. The summed E-state index contributed by atoms with van der Waals surface area (Å²) in [5.74, 6) is 0.475. The van der Waals surface area contributed by atoms with Gasteiger partial charge in [-0.2, -0.15) is 0 Å². The van der Waals surface area contributed by atoms with E-state index in [9.17, 15) is 4.79 Å². The van der Waals surface area contributed by atoms with Crippen LogP contribution < -0.4 is 5.32 Å². The third-order valence-corrected chi connectivity index (χ3v) is 4.62. The first-order chi connectivity index (χ1) is 9.65. The van der Waals surface area contributed by atoms with Crippen molar-refractivity contribution in [2.75, 3.05) is 0 Å². The lowest BCUT2D eigenvalue weighted by Gasteiger charge is -2.06. The van der Waals surface area contributed by atoms with Crippen molar-refractivity contribution in [1.82, 2.24) is 5.32 Å². The van der Waals surface area contributed by atoms with Gasteiger partial charge in [0.1, 0.15) is 0 Å².